The lowest BCUT2D eigenvalue weighted by molar-refractivity contribution is 0.101. The molecule has 1 N–H and O–H groups in total. The first kappa shape index (κ1) is 26.0. The molecule has 40 heavy (non-hydrogen) atoms. The van der Waals surface area contributed by atoms with Gasteiger partial charge in [-0.1, -0.05) is 18.2 Å². The molecule has 1 fully saturated rings. The van der Waals surface area contributed by atoms with Crippen LogP contribution < -0.4 is 23.7 Å². The third-order valence-electron chi connectivity index (χ3n) is 7.63. The first-order valence-corrected chi connectivity index (χ1v) is 13.3. The molecule has 3 aliphatic rings. The van der Waals surface area contributed by atoms with Crippen molar-refractivity contribution in [2.75, 3.05) is 47.2 Å². The molecule has 0 aliphatic carbocycles. The van der Waals surface area contributed by atoms with Crippen LogP contribution in [0.4, 0.5) is 0 Å². The zero-order valence-corrected chi connectivity index (χ0v) is 22.9. The molecule has 6 rings (SSSR count). The van der Waals surface area contributed by atoms with Gasteiger partial charge in [-0.15, -0.1) is 0 Å². The molecule has 9 nitrogen and oxygen atoms in total. The molecule has 0 bridgehead atoms. The van der Waals surface area contributed by atoms with E-state index >= 15 is 0 Å². The van der Waals surface area contributed by atoms with Gasteiger partial charge in [-0.05, 0) is 48.4 Å². The number of para-hydroxylation sites is 1. The Hall–Kier alpha value is -4.21. The lowest BCUT2D eigenvalue weighted by Crippen LogP contribution is -2.45. The van der Waals surface area contributed by atoms with E-state index in [1.807, 2.05) is 31.2 Å². The highest BCUT2D eigenvalue weighted by atomic mass is 16.7. The molecular formula is C31H32N2O7. The van der Waals surface area contributed by atoms with Crippen LogP contribution in [-0.2, 0) is 13.1 Å². The molecular weight excluding hydrogens is 512 g/mol. The molecule has 1 saturated heterocycles. The van der Waals surface area contributed by atoms with Crippen LogP contribution in [0, 0.1) is 6.92 Å². The van der Waals surface area contributed by atoms with Gasteiger partial charge in [0.25, 0.3) is 0 Å². The molecule has 9 heteroatoms. The third-order valence-corrected chi connectivity index (χ3v) is 7.63. The minimum Gasteiger partial charge on any atom is -0.507 e. The highest BCUT2D eigenvalue weighted by Crippen LogP contribution is 2.43. The van der Waals surface area contributed by atoms with E-state index in [0.717, 1.165) is 44.2 Å². The maximum absolute atomic E-state index is 13.4. The predicted molar refractivity (Wildman–Crippen MR) is 148 cm³/mol. The number of carbonyl (C=O) groups is 1. The largest absolute Gasteiger partial charge is 0.507 e. The minimum atomic E-state index is -0.216. The topological polar surface area (TPSA) is 89.9 Å². The number of benzene rings is 3. The van der Waals surface area contributed by atoms with Gasteiger partial charge in [0.1, 0.15) is 11.5 Å². The zero-order chi connectivity index (χ0) is 27.8. The predicted octanol–water partition coefficient (Wildman–Crippen LogP) is 4.38. The highest BCUT2D eigenvalue weighted by Gasteiger charge is 2.34. The van der Waals surface area contributed by atoms with E-state index in [4.69, 9.17) is 23.7 Å². The monoisotopic (exact) mass is 544 g/mol. The van der Waals surface area contributed by atoms with Crippen molar-refractivity contribution in [3.05, 3.63) is 76.0 Å². The van der Waals surface area contributed by atoms with Crippen molar-refractivity contribution in [3.8, 4) is 34.5 Å². The Morgan fingerprint density at radius 3 is 2.45 bits per heavy atom. The van der Waals surface area contributed by atoms with Crippen LogP contribution in [0.5, 0.6) is 34.5 Å². The lowest BCUT2D eigenvalue weighted by Gasteiger charge is -2.35. The van der Waals surface area contributed by atoms with Crippen LogP contribution in [0.1, 0.15) is 32.6 Å². The molecule has 3 aromatic rings. The zero-order valence-electron chi connectivity index (χ0n) is 22.9. The average Bonchev–Trinajstić information content (AvgIpc) is 3.56. The van der Waals surface area contributed by atoms with Gasteiger partial charge in [0, 0.05) is 44.8 Å². The fraction of sp³-hybridized carbons (Fsp3) is 0.323. The Morgan fingerprint density at radius 1 is 0.950 bits per heavy atom. The van der Waals surface area contributed by atoms with Crippen LogP contribution in [0.3, 0.4) is 0 Å². The molecule has 0 spiro atoms. The molecule has 0 atom stereocenters. The number of aromatic hydroxyl groups is 1. The fourth-order valence-corrected chi connectivity index (χ4v) is 5.53. The number of fused-ring (bicyclic) bond motifs is 2. The van der Waals surface area contributed by atoms with Gasteiger partial charge in [-0.3, -0.25) is 14.6 Å². The summed E-state index contributed by atoms with van der Waals surface area (Å²) >= 11 is 0. The number of Topliss-reactive ketones (excluding diaryl/α,β-unsaturated/α-hetero) is 1. The van der Waals surface area contributed by atoms with Crippen molar-refractivity contribution in [3.63, 3.8) is 0 Å². The minimum absolute atomic E-state index is 0.132. The number of methoxy groups -OCH3 is 2. The van der Waals surface area contributed by atoms with Crippen LogP contribution in [0.25, 0.3) is 6.08 Å². The molecule has 3 aliphatic heterocycles. The number of allylic oxidation sites excluding steroid dienone is 1. The van der Waals surface area contributed by atoms with Gasteiger partial charge >= 0.3 is 0 Å². The van der Waals surface area contributed by atoms with Crippen molar-refractivity contribution < 1.29 is 33.6 Å². The number of hydrogen-bond donors (Lipinski definition) is 1. The Balaban J connectivity index is 1.17. The first-order chi connectivity index (χ1) is 19.4. The number of carbonyl (C=O) groups excluding carboxylic acids is 1. The highest BCUT2D eigenvalue weighted by molar-refractivity contribution is 6.16. The van der Waals surface area contributed by atoms with Gasteiger partial charge in [-0.2, -0.15) is 0 Å². The Bertz CT molecular complexity index is 1490. The smallest absolute Gasteiger partial charge is 0.232 e. The Morgan fingerprint density at radius 2 is 1.70 bits per heavy atom. The van der Waals surface area contributed by atoms with E-state index < -0.39 is 0 Å². The van der Waals surface area contributed by atoms with Gasteiger partial charge < -0.3 is 28.8 Å². The lowest BCUT2D eigenvalue weighted by atomic mass is 9.99. The molecule has 0 amide bonds. The summed E-state index contributed by atoms with van der Waals surface area (Å²) in [6.07, 6.45) is 1.67. The normalized spacial score (nSPS) is 17.7. The van der Waals surface area contributed by atoms with E-state index in [0.29, 0.717) is 46.0 Å². The molecule has 208 valence electrons. The SMILES string of the molecule is COc1cccc(C=C2Oc3c(CN4CCN(Cc5ccc6c(c5)OCO6)CC4)c(O)cc(C)c3C2=O)c1OC. The number of piperazine rings is 1. The van der Waals surface area contributed by atoms with Crippen molar-refractivity contribution in [1.29, 1.82) is 0 Å². The Kier molecular flexibility index (Phi) is 7.00. The Labute approximate surface area is 233 Å². The number of ketones is 1. The van der Waals surface area contributed by atoms with Crippen LogP contribution >= 0.6 is 0 Å². The standard InChI is InChI=1S/C31H32N2O7/c1-19-13-23(34)22(17-33-11-9-32(10-12-33)16-20-7-8-24-26(14-20)39-18-38-24)31-28(19)29(35)27(40-31)15-21-5-4-6-25(36-2)30(21)37-3/h4-8,13-15,34H,9-12,16-18H2,1-3H3. The molecule has 0 radical (unpaired) electrons. The van der Waals surface area contributed by atoms with E-state index in [9.17, 15) is 9.90 Å². The van der Waals surface area contributed by atoms with Gasteiger partial charge in [0.05, 0.1) is 25.3 Å². The van der Waals surface area contributed by atoms with Crippen molar-refractivity contribution in [2.45, 2.75) is 20.0 Å². The van der Waals surface area contributed by atoms with Crippen molar-refractivity contribution >= 4 is 11.9 Å². The molecule has 0 saturated carbocycles. The van der Waals surface area contributed by atoms with E-state index in [1.54, 1.807) is 32.4 Å². The first-order valence-electron chi connectivity index (χ1n) is 13.3. The van der Waals surface area contributed by atoms with Gasteiger partial charge in [0.15, 0.2) is 28.8 Å². The number of nitrogens with zero attached hydrogens (tertiary/aromatic N) is 2. The summed E-state index contributed by atoms with van der Waals surface area (Å²) in [7, 11) is 3.12. The summed E-state index contributed by atoms with van der Waals surface area (Å²) in [5.41, 5.74) is 3.64. The van der Waals surface area contributed by atoms with Crippen LogP contribution in [0.2, 0.25) is 0 Å². The summed E-state index contributed by atoms with van der Waals surface area (Å²) in [6, 6.07) is 13.2. The summed E-state index contributed by atoms with van der Waals surface area (Å²) < 4.78 is 28.0. The fourth-order valence-electron chi connectivity index (χ4n) is 5.53. The molecule has 0 unspecified atom stereocenters. The summed E-state index contributed by atoms with van der Waals surface area (Å²) in [4.78, 5) is 18.1. The third kappa shape index (κ3) is 4.82. The van der Waals surface area contributed by atoms with E-state index in [2.05, 4.69) is 15.9 Å². The number of hydrogen-bond acceptors (Lipinski definition) is 9. The number of ether oxygens (including phenoxy) is 5. The maximum Gasteiger partial charge on any atom is 0.232 e. The molecule has 3 heterocycles. The number of aryl methyl sites for hydroxylation is 1. The quantitative estimate of drug-likeness (QED) is 0.435. The summed E-state index contributed by atoms with van der Waals surface area (Å²) in [6.45, 7) is 6.80. The second-order valence-electron chi connectivity index (χ2n) is 10.2. The van der Waals surface area contributed by atoms with Gasteiger partial charge in [-0.25, -0.2) is 0 Å². The maximum atomic E-state index is 13.4. The van der Waals surface area contributed by atoms with Crippen LogP contribution in [-0.4, -0.2) is 67.9 Å². The van der Waals surface area contributed by atoms with E-state index in [1.165, 1.54) is 5.56 Å². The van der Waals surface area contributed by atoms with Crippen molar-refractivity contribution in [1.82, 2.24) is 9.80 Å². The molecule has 3 aromatic carbocycles. The number of rotatable bonds is 7. The van der Waals surface area contributed by atoms with Crippen LogP contribution in [0.15, 0.2) is 48.2 Å². The average molecular weight is 545 g/mol. The summed E-state index contributed by atoms with van der Waals surface area (Å²) in [5.74, 6) is 3.20. The van der Waals surface area contributed by atoms with E-state index in [-0.39, 0.29) is 24.1 Å². The number of phenols is 1. The second kappa shape index (κ2) is 10.7. The van der Waals surface area contributed by atoms with Crippen molar-refractivity contribution in [2.24, 2.45) is 0 Å². The number of phenolic OH excluding ortho intramolecular Hbond substituents is 1. The molecule has 0 aromatic heterocycles. The van der Waals surface area contributed by atoms with Gasteiger partial charge in [0.2, 0.25) is 12.6 Å². The second-order valence-corrected chi connectivity index (χ2v) is 10.2. The summed E-state index contributed by atoms with van der Waals surface area (Å²) in [5, 5.41) is 10.9.